The molecule has 0 aromatic heterocycles. The molecule has 114 valence electrons. The van der Waals surface area contributed by atoms with Crippen LogP contribution in [0.15, 0.2) is 53.6 Å². The summed E-state index contributed by atoms with van der Waals surface area (Å²) in [5, 5.41) is 2.65. The summed E-state index contributed by atoms with van der Waals surface area (Å²) in [6.07, 6.45) is 5.77. The fraction of sp³-hybridized carbons (Fsp3) is 0.235. The van der Waals surface area contributed by atoms with Crippen molar-refractivity contribution in [3.8, 4) is 0 Å². The lowest BCUT2D eigenvalue weighted by atomic mass is 10.1. The van der Waals surface area contributed by atoms with Gasteiger partial charge < -0.3 is 4.74 Å². The van der Waals surface area contributed by atoms with Crippen LogP contribution >= 0.6 is 0 Å². The van der Waals surface area contributed by atoms with Crippen LogP contribution < -0.4 is 5.32 Å². The minimum absolute atomic E-state index is 0.0455. The molecule has 1 aliphatic carbocycles. The predicted molar refractivity (Wildman–Crippen MR) is 86.7 cm³/mol. The molecule has 5 heteroatoms. The molecule has 1 aromatic rings. The van der Waals surface area contributed by atoms with E-state index in [1.807, 2.05) is 20.8 Å². The van der Waals surface area contributed by atoms with E-state index in [1.165, 1.54) is 12.2 Å². The van der Waals surface area contributed by atoms with Crippen molar-refractivity contribution >= 4 is 29.0 Å². The van der Waals surface area contributed by atoms with Gasteiger partial charge in [0.15, 0.2) is 5.78 Å². The minimum Gasteiger partial charge on any atom is -0.444 e. The molecule has 0 heterocycles. The number of nitrogens with one attached hydrogen (secondary N) is 1. The first kappa shape index (κ1) is 15.7. The van der Waals surface area contributed by atoms with Gasteiger partial charge in [-0.05, 0) is 69.3 Å². The zero-order chi connectivity index (χ0) is 16.2. The second-order valence-corrected chi connectivity index (χ2v) is 5.78. The van der Waals surface area contributed by atoms with Crippen LogP contribution in [-0.2, 0) is 9.53 Å². The molecular weight excluding hydrogens is 280 g/mol. The van der Waals surface area contributed by atoms with Gasteiger partial charge in [-0.2, -0.15) is 0 Å². The molecule has 0 bridgehead atoms. The summed E-state index contributed by atoms with van der Waals surface area (Å²) in [6.45, 7) is 5.42. The highest BCUT2D eigenvalue weighted by molar-refractivity contribution is 6.17. The number of hydrogen-bond donors (Lipinski definition) is 1. The Balaban J connectivity index is 2.00. The Hall–Kier alpha value is -2.69. The summed E-state index contributed by atoms with van der Waals surface area (Å²) in [5.41, 5.74) is 1.52. The van der Waals surface area contributed by atoms with Crippen molar-refractivity contribution in [2.24, 2.45) is 4.99 Å². The van der Waals surface area contributed by atoms with Crippen LogP contribution in [0.2, 0.25) is 0 Å². The van der Waals surface area contributed by atoms with Crippen molar-refractivity contribution in [1.82, 2.24) is 0 Å². The number of ether oxygens (including phenoxy) is 1. The molecule has 0 aliphatic heterocycles. The van der Waals surface area contributed by atoms with Crippen molar-refractivity contribution in [1.29, 1.82) is 0 Å². The summed E-state index contributed by atoms with van der Waals surface area (Å²) < 4.78 is 5.18. The lowest BCUT2D eigenvalue weighted by Gasteiger charge is -2.19. The van der Waals surface area contributed by atoms with Crippen molar-refractivity contribution in [3.63, 3.8) is 0 Å². The van der Waals surface area contributed by atoms with E-state index in [0.717, 1.165) is 5.69 Å². The quantitative estimate of drug-likeness (QED) is 0.844. The number of carbonyl (C=O) groups is 2. The van der Waals surface area contributed by atoms with Crippen molar-refractivity contribution in [2.45, 2.75) is 26.4 Å². The Kier molecular flexibility index (Phi) is 4.56. The molecule has 0 spiro atoms. The van der Waals surface area contributed by atoms with E-state index >= 15 is 0 Å². The highest BCUT2D eigenvalue weighted by Crippen LogP contribution is 2.18. The lowest BCUT2D eigenvalue weighted by molar-refractivity contribution is -0.110. The lowest BCUT2D eigenvalue weighted by Crippen LogP contribution is -2.27. The second-order valence-electron chi connectivity index (χ2n) is 5.78. The number of anilines is 1. The van der Waals surface area contributed by atoms with Gasteiger partial charge in [0.2, 0.25) is 0 Å². The third kappa shape index (κ3) is 5.01. The fourth-order valence-electron chi connectivity index (χ4n) is 1.71. The largest absolute Gasteiger partial charge is 0.444 e. The number of aliphatic imine (C=N–C) groups is 1. The second kappa shape index (κ2) is 6.39. The number of ketones is 1. The molecule has 1 N–H and O–H groups in total. The number of amides is 1. The molecule has 22 heavy (non-hydrogen) atoms. The Labute approximate surface area is 129 Å². The van der Waals surface area contributed by atoms with Gasteiger partial charge in [-0.3, -0.25) is 10.1 Å². The maximum Gasteiger partial charge on any atom is 0.412 e. The fourth-order valence-corrected chi connectivity index (χ4v) is 1.71. The normalized spacial score (nSPS) is 14.0. The van der Waals surface area contributed by atoms with Crippen LogP contribution in [0.1, 0.15) is 20.8 Å². The number of nitrogens with zero attached hydrogens (tertiary/aromatic N) is 1. The highest BCUT2D eigenvalue weighted by atomic mass is 16.6. The molecule has 2 rings (SSSR count). The molecule has 0 saturated heterocycles. The molecule has 1 amide bonds. The third-order valence-electron chi connectivity index (χ3n) is 2.61. The molecule has 0 radical (unpaired) electrons. The van der Waals surface area contributed by atoms with E-state index in [2.05, 4.69) is 10.3 Å². The first-order valence-corrected chi connectivity index (χ1v) is 6.91. The molecule has 1 aromatic carbocycles. The predicted octanol–water partition coefficient (Wildman–Crippen LogP) is 3.80. The zero-order valence-corrected chi connectivity index (χ0v) is 12.8. The van der Waals surface area contributed by atoms with Crippen molar-refractivity contribution < 1.29 is 14.3 Å². The average Bonchev–Trinajstić information content (AvgIpc) is 2.41. The van der Waals surface area contributed by atoms with Crippen LogP contribution in [0.4, 0.5) is 16.2 Å². The van der Waals surface area contributed by atoms with E-state index in [1.54, 1.807) is 36.4 Å². The monoisotopic (exact) mass is 298 g/mol. The maximum absolute atomic E-state index is 11.6. The van der Waals surface area contributed by atoms with Crippen LogP contribution in [0, 0.1) is 0 Å². The standard InChI is InChI=1S/C17H18N2O3/c1-17(2,3)22-16(21)19-14-6-4-12(5-7-14)18-13-8-10-15(20)11-9-13/h4-11H,1-3H3,(H,19,21). The highest BCUT2D eigenvalue weighted by Gasteiger charge is 2.16. The molecule has 0 unspecified atom stereocenters. The van der Waals surface area contributed by atoms with Gasteiger partial charge in [-0.25, -0.2) is 9.79 Å². The van der Waals surface area contributed by atoms with E-state index in [4.69, 9.17) is 4.74 Å². The molecule has 5 nitrogen and oxygen atoms in total. The number of carbonyl (C=O) groups excluding carboxylic acids is 2. The number of benzene rings is 1. The smallest absolute Gasteiger partial charge is 0.412 e. The first-order chi connectivity index (χ1) is 10.3. The molecular formula is C17H18N2O3. The Bertz CT molecular complexity index is 644. The van der Waals surface area contributed by atoms with Gasteiger partial charge in [0.25, 0.3) is 0 Å². The summed E-state index contributed by atoms with van der Waals surface area (Å²) in [6, 6.07) is 7.03. The van der Waals surface area contributed by atoms with E-state index in [-0.39, 0.29) is 5.78 Å². The Morgan fingerprint density at radius 3 is 2.18 bits per heavy atom. The van der Waals surface area contributed by atoms with Gasteiger partial charge in [0, 0.05) is 5.69 Å². The van der Waals surface area contributed by atoms with Gasteiger partial charge in [0.05, 0.1) is 11.4 Å². The van der Waals surface area contributed by atoms with Crippen LogP contribution in [-0.4, -0.2) is 23.2 Å². The summed E-state index contributed by atoms with van der Waals surface area (Å²) in [5.74, 6) is -0.0455. The van der Waals surface area contributed by atoms with Gasteiger partial charge >= 0.3 is 6.09 Å². The SMILES string of the molecule is CC(C)(C)OC(=O)Nc1ccc(N=C2C=CC(=O)C=C2)cc1. The van der Waals surface area contributed by atoms with Gasteiger partial charge in [0.1, 0.15) is 5.60 Å². The molecule has 0 atom stereocenters. The van der Waals surface area contributed by atoms with Crippen LogP contribution in [0.3, 0.4) is 0 Å². The summed E-state index contributed by atoms with van der Waals surface area (Å²) in [4.78, 5) is 27.1. The Morgan fingerprint density at radius 1 is 1.05 bits per heavy atom. The maximum atomic E-state index is 11.6. The van der Waals surface area contributed by atoms with E-state index < -0.39 is 11.7 Å². The summed E-state index contributed by atoms with van der Waals surface area (Å²) >= 11 is 0. The zero-order valence-electron chi connectivity index (χ0n) is 12.8. The van der Waals surface area contributed by atoms with E-state index in [9.17, 15) is 9.59 Å². The number of rotatable bonds is 2. The van der Waals surface area contributed by atoms with Crippen LogP contribution in [0.5, 0.6) is 0 Å². The number of hydrogen-bond acceptors (Lipinski definition) is 4. The third-order valence-corrected chi connectivity index (χ3v) is 2.61. The topological polar surface area (TPSA) is 67.8 Å². The molecule has 0 fully saturated rings. The van der Waals surface area contributed by atoms with Crippen LogP contribution in [0.25, 0.3) is 0 Å². The Morgan fingerprint density at radius 2 is 1.64 bits per heavy atom. The molecule has 0 saturated carbocycles. The summed E-state index contributed by atoms with van der Waals surface area (Å²) in [7, 11) is 0. The minimum atomic E-state index is -0.535. The number of allylic oxidation sites excluding steroid dienone is 4. The average molecular weight is 298 g/mol. The van der Waals surface area contributed by atoms with Crippen molar-refractivity contribution in [2.75, 3.05) is 5.32 Å². The first-order valence-electron chi connectivity index (χ1n) is 6.91. The van der Waals surface area contributed by atoms with Crippen molar-refractivity contribution in [3.05, 3.63) is 48.6 Å². The molecule has 1 aliphatic rings. The van der Waals surface area contributed by atoms with Gasteiger partial charge in [-0.15, -0.1) is 0 Å². The van der Waals surface area contributed by atoms with Gasteiger partial charge in [-0.1, -0.05) is 0 Å². The van der Waals surface area contributed by atoms with E-state index in [0.29, 0.717) is 11.4 Å².